The van der Waals surface area contributed by atoms with Gasteiger partial charge in [-0.05, 0) is 123 Å². The molecule has 2 saturated carbocycles. The maximum absolute atomic E-state index is 13.8. The molecule has 42 heavy (non-hydrogen) atoms. The molecular weight excluding hydrogens is 568 g/mol. The molecule has 6 nitrogen and oxygen atoms in total. The molecule has 0 radical (unpaired) electrons. The number of carbonyl (C=O) groups is 1. The summed E-state index contributed by atoms with van der Waals surface area (Å²) in [5, 5.41) is 12.0. The number of rotatable bonds is 0. The third kappa shape index (κ3) is 5.24. The fourth-order valence-corrected chi connectivity index (χ4v) is 10.6. The molecule has 0 aromatic heterocycles. The van der Waals surface area contributed by atoms with Crippen molar-refractivity contribution in [3.05, 3.63) is 58.1 Å². The Labute approximate surface area is 255 Å². The fourth-order valence-electron chi connectivity index (χ4n) is 8.64. The van der Waals surface area contributed by atoms with Gasteiger partial charge in [0.1, 0.15) is 5.75 Å². The summed E-state index contributed by atoms with van der Waals surface area (Å²) in [5.41, 5.74) is 3.79. The van der Waals surface area contributed by atoms with Crippen LogP contribution in [0.2, 0.25) is 5.02 Å². The molecule has 1 unspecified atom stereocenters. The van der Waals surface area contributed by atoms with Gasteiger partial charge >= 0.3 is 0 Å². The number of ether oxygens (including phenoxy) is 1. The van der Waals surface area contributed by atoms with E-state index in [-0.39, 0.29) is 28.6 Å². The highest BCUT2D eigenvalue weighted by Crippen LogP contribution is 2.47. The summed E-state index contributed by atoms with van der Waals surface area (Å²) in [6, 6.07) is 11.9. The average molecular weight is 611 g/mol. The molecule has 1 spiro atoms. The zero-order chi connectivity index (χ0) is 29.1. The Bertz CT molecular complexity index is 1480. The summed E-state index contributed by atoms with van der Waals surface area (Å²) < 4.78 is 23.3. The number of anilines is 1. The molecule has 8 heteroatoms. The molecule has 0 saturated heterocycles. The van der Waals surface area contributed by atoms with Crippen molar-refractivity contribution in [3.63, 3.8) is 0 Å². The second-order valence-electron chi connectivity index (χ2n) is 13.7. The Morgan fingerprint density at radius 1 is 1.07 bits per heavy atom. The van der Waals surface area contributed by atoms with Gasteiger partial charge in [0.2, 0.25) is 0 Å². The van der Waals surface area contributed by atoms with Crippen LogP contribution in [-0.4, -0.2) is 52.1 Å². The lowest BCUT2D eigenvalue weighted by molar-refractivity contribution is 0.00598. The number of nitrogens with zero attached hydrogens (tertiary/aromatic N) is 1. The fraction of sp³-hybridized carbons (Fsp3) is 0.588. The van der Waals surface area contributed by atoms with E-state index < -0.39 is 9.71 Å². The molecule has 5 aliphatic rings. The number of hydrogen-bond acceptors (Lipinski definition) is 5. The van der Waals surface area contributed by atoms with Crippen LogP contribution in [0.25, 0.3) is 0 Å². The molecule has 2 aliphatic heterocycles. The number of nitrogens with one attached hydrogen (secondary N) is 1. The normalized spacial score (nSPS) is 36.5. The summed E-state index contributed by atoms with van der Waals surface area (Å²) in [5.74, 6) is 5.57. The van der Waals surface area contributed by atoms with Gasteiger partial charge in [-0.1, -0.05) is 30.5 Å². The minimum Gasteiger partial charge on any atom is -0.490 e. The van der Waals surface area contributed by atoms with Gasteiger partial charge in [0.15, 0.2) is 0 Å². The van der Waals surface area contributed by atoms with Crippen LogP contribution in [0.4, 0.5) is 5.69 Å². The van der Waals surface area contributed by atoms with Crippen LogP contribution in [0, 0.1) is 17.8 Å². The number of aliphatic hydroxyl groups excluding tert-OH is 1. The van der Waals surface area contributed by atoms with Crippen molar-refractivity contribution in [3.8, 4) is 5.75 Å². The van der Waals surface area contributed by atoms with Crippen LogP contribution in [0.1, 0.15) is 85.7 Å². The summed E-state index contributed by atoms with van der Waals surface area (Å²) in [7, 11) is -2.82. The Hall–Kier alpha value is -2.22. The van der Waals surface area contributed by atoms with E-state index in [4.69, 9.17) is 16.3 Å². The average Bonchev–Trinajstić information content (AvgIpc) is 3.10. The van der Waals surface area contributed by atoms with Gasteiger partial charge in [-0.15, -0.1) is 0 Å². The molecule has 7 rings (SSSR count). The highest BCUT2D eigenvalue weighted by molar-refractivity contribution is 7.99. The number of carbonyl (C=O) groups excluding carboxylic acids is 1. The molecule has 2 heterocycles. The lowest BCUT2D eigenvalue weighted by atomic mass is 9.67. The van der Waals surface area contributed by atoms with Gasteiger partial charge in [-0.25, -0.2) is 4.21 Å². The monoisotopic (exact) mass is 610 g/mol. The van der Waals surface area contributed by atoms with E-state index in [1.807, 2.05) is 18.2 Å². The third-order valence-corrected chi connectivity index (χ3v) is 13.4. The number of hydrogen-bond donors (Lipinski definition) is 2. The highest BCUT2D eigenvalue weighted by Gasteiger charge is 2.44. The first kappa shape index (κ1) is 28.5. The van der Waals surface area contributed by atoms with Crippen molar-refractivity contribution in [2.45, 2.75) is 87.4 Å². The summed E-state index contributed by atoms with van der Waals surface area (Å²) >= 11 is 6.41. The third-order valence-electron chi connectivity index (χ3n) is 11.1. The summed E-state index contributed by atoms with van der Waals surface area (Å²) in [6.07, 6.45) is 10.3. The topological polar surface area (TPSA) is 78.9 Å². The maximum Gasteiger partial charge on any atom is 0.262 e. The predicted molar refractivity (Wildman–Crippen MR) is 170 cm³/mol. The Morgan fingerprint density at radius 2 is 1.95 bits per heavy atom. The molecule has 1 amide bonds. The minimum atomic E-state index is -2.82. The van der Waals surface area contributed by atoms with Crippen LogP contribution in [0.5, 0.6) is 5.75 Å². The van der Waals surface area contributed by atoms with Gasteiger partial charge in [-0.3, -0.25) is 9.52 Å². The lowest BCUT2D eigenvalue weighted by Crippen LogP contribution is -2.49. The maximum atomic E-state index is 13.8. The lowest BCUT2D eigenvalue weighted by Gasteiger charge is -2.46. The number of fused-ring (bicyclic) bond motifs is 6. The van der Waals surface area contributed by atoms with Crippen molar-refractivity contribution in [2.75, 3.05) is 24.6 Å². The molecule has 2 fully saturated rings. The Morgan fingerprint density at radius 3 is 2.79 bits per heavy atom. The van der Waals surface area contributed by atoms with Crippen LogP contribution < -0.4 is 14.4 Å². The van der Waals surface area contributed by atoms with Crippen molar-refractivity contribution in [1.82, 2.24) is 4.72 Å². The first-order valence-electron chi connectivity index (χ1n) is 15.9. The second-order valence-corrected chi connectivity index (χ2v) is 16.5. The van der Waals surface area contributed by atoms with Crippen LogP contribution in [0.3, 0.4) is 0 Å². The van der Waals surface area contributed by atoms with E-state index in [0.29, 0.717) is 24.0 Å². The molecule has 226 valence electrons. The standard InChI is InChI=1S/C34H43ClN2O4S/c1-42(40)27-6-2-4-22(16-27)7-13-31(38)28-11-8-25(28)19-37-20-34(15-3-5-23-17-26(35)10-12-29(23)34)21-41-32-14-9-24(18-30(32)37)33(39)36-42/h9-10,12,14,17-18,22,25,27-28,31,38H,1-8,11,13,15-16,19-21H2,(H,36,39,40)/t22-,25-,27+,28+,31-,34-,42?/m0/s1. The SMILES string of the molecule is C=S1(=O)NC(=O)c2ccc3c(c2)N(C[C@@H]2CC[C@H]2[C@@H](O)CC[C@@H]2CCC[C@@H]1C2)C[C@@]1(CCCc2cc(Cl)ccc21)CO3. The van der Waals surface area contributed by atoms with Gasteiger partial charge in [0.05, 0.1) is 28.1 Å². The molecule has 3 aliphatic carbocycles. The molecule has 2 N–H and O–H groups in total. The van der Waals surface area contributed by atoms with Crippen LogP contribution >= 0.6 is 11.6 Å². The smallest absolute Gasteiger partial charge is 0.262 e. The van der Waals surface area contributed by atoms with Gasteiger partial charge < -0.3 is 14.7 Å². The van der Waals surface area contributed by atoms with Gasteiger partial charge in [-0.2, -0.15) is 0 Å². The Balaban J connectivity index is 1.28. The summed E-state index contributed by atoms with van der Waals surface area (Å²) in [6.45, 7) is 2.14. The number of amides is 1. The van der Waals surface area contributed by atoms with E-state index >= 15 is 0 Å². The predicted octanol–water partition coefficient (Wildman–Crippen LogP) is 5.91. The second kappa shape index (κ2) is 11.0. The molecule has 7 atom stereocenters. The van der Waals surface area contributed by atoms with E-state index in [0.717, 1.165) is 100 Å². The van der Waals surface area contributed by atoms with Gasteiger partial charge in [0, 0.05) is 34.3 Å². The van der Waals surface area contributed by atoms with Crippen molar-refractivity contribution >= 4 is 38.8 Å². The van der Waals surface area contributed by atoms with Crippen LogP contribution in [0.15, 0.2) is 36.4 Å². The van der Waals surface area contributed by atoms with Crippen LogP contribution in [-0.2, 0) is 21.5 Å². The van der Waals surface area contributed by atoms with E-state index in [1.165, 1.54) is 11.1 Å². The van der Waals surface area contributed by atoms with Crippen molar-refractivity contribution in [2.24, 2.45) is 17.8 Å². The zero-order valence-corrected chi connectivity index (χ0v) is 25.9. The minimum absolute atomic E-state index is 0.137. The number of halogens is 1. The molecule has 2 aromatic carbocycles. The van der Waals surface area contributed by atoms with Crippen molar-refractivity contribution < 1.29 is 18.8 Å². The highest BCUT2D eigenvalue weighted by atomic mass is 35.5. The quantitative estimate of drug-likeness (QED) is 0.363. The Kier molecular flexibility index (Phi) is 7.51. The number of aliphatic hydroxyl groups is 1. The zero-order valence-electron chi connectivity index (χ0n) is 24.4. The van der Waals surface area contributed by atoms with E-state index in [2.05, 4.69) is 27.6 Å². The summed E-state index contributed by atoms with van der Waals surface area (Å²) in [4.78, 5) is 16.0. The first-order chi connectivity index (χ1) is 20.2. The molecule has 2 aromatic rings. The van der Waals surface area contributed by atoms with Gasteiger partial charge in [0.25, 0.3) is 5.91 Å². The molecular formula is C34H43ClN2O4S. The molecule has 4 bridgehead atoms. The van der Waals surface area contributed by atoms with E-state index in [1.54, 1.807) is 6.07 Å². The number of benzene rings is 2. The first-order valence-corrected chi connectivity index (χ1v) is 18.0. The number of aryl methyl sites for hydroxylation is 1. The van der Waals surface area contributed by atoms with Crippen molar-refractivity contribution in [1.29, 1.82) is 0 Å². The largest absolute Gasteiger partial charge is 0.490 e. The van der Waals surface area contributed by atoms with E-state index in [9.17, 15) is 14.1 Å².